The number of nitrogens with one attached hydrogen (secondary N) is 1. The van der Waals surface area contributed by atoms with Crippen LogP contribution in [0.25, 0.3) is 0 Å². The second-order valence-electron chi connectivity index (χ2n) is 2.84. The van der Waals surface area contributed by atoms with Crippen LogP contribution >= 0.6 is 0 Å². The summed E-state index contributed by atoms with van der Waals surface area (Å²) in [7, 11) is 0. The predicted octanol–water partition coefficient (Wildman–Crippen LogP) is 1.73. The van der Waals surface area contributed by atoms with E-state index in [1.54, 1.807) is 19.9 Å². The SMILES string of the molecule is CC#CCNc1ccc([N+](=O)[O-])c(C)n1. The molecule has 1 aromatic rings. The van der Waals surface area contributed by atoms with E-state index in [2.05, 4.69) is 22.1 Å². The largest absolute Gasteiger partial charge is 0.359 e. The first kappa shape index (κ1) is 11.0. The highest BCUT2D eigenvalue weighted by atomic mass is 16.6. The average Bonchev–Trinajstić information content (AvgIpc) is 2.17. The van der Waals surface area contributed by atoms with E-state index in [1.807, 2.05) is 0 Å². The number of nitro groups is 1. The average molecular weight is 205 g/mol. The lowest BCUT2D eigenvalue weighted by atomic mass is 10.3. The fourth-order valence-electron chi connectivity index (χ4n) is 1.07. The van der Waals surface area contributed by atoms with Gasteiger partial charge in [-0.25, -0.2) is 4.98 Å². The first-order valence-electron chi connectivity index (χ1n) is 4.40. The minimum Gasteiger partial charge on any atom is -0.359 e. The third kappa shape index (κ3) is 2.95. The van der Waals surface area contributed by atoms with E-state index < -0.39 is 4.92 Å². The molecule has 0 bridgehead atoms. The van der Waals surface area contributed by atoms with Crippen molar-refractivity contribution >= 4 is 11.5 Å². The van der Waals surface area contributed by atoms with Crippen LogP contribution in [0.5, 0.6) is 0 Å². The zero-order chi connectivity index (χ0) is 11.3. The highest BCUT2D eigenvalue weighted by Crippen LogP contribution is 2.17. The summed E-state index contributed by atoms with van der Waals surface area (Å²) in [5.41, 5.74) is 0.427. The van der Waals surface area contributed by atoms with Crippen molar-refractivity contribution in [2.24, 2.45) is 0 Å². The fourth-order valence-corrected chi connectivity index (χ4v) is 1.07. The number of hydrogen-bond acceptors (Lipinski definition) is 4. The van der Waals surface area contributed by atoms with Crippen molar-refractivity contribution in [1.29, 1.82) is 0 Å². The Bertz CT molecular complexity index is 432. The molecule has 0 radical (unpaired) electrons. The molecule has 1 aromatic heterocycles. The topological polar surface area (TPSA) is 68.1 Å². The molecule has 0 aromatic carbocycles. The molecule has 0 saturated heterocycles. The lowest BCUT2D eigenvalue weighted by molar-refractivity contribution is -0.385. The summed E-state index contributed by atoms with van der Waals surface area (Å²) in [5.74, 6) is 6.15. The van der Waals surface area contributed by atoms with Gasteiger partial charge in [-0.3, -0.25) is 10.1 Å². The van der Waals surface area contributed by atoms with E-state index in [9.17, 15) is 10.1 Å². The van der Waals surface area contributed by atoms with Gasteiger partial charge in [0.05, 0.1) is 11.5 Å². The molecule has 1 N–H and O–H groups in total. The fraction of sp³-hybridized carbons (Fsp3) is 0.300. The number of hydrogen-bond donors (Lipinski definition) is 1. The molecule has 15 heavy (non-hydrogen) atoms. The van der Waals surface area contributed by atoms with Crippen molar-refractivity contribution < 1.29 is 4.92 Å². The molecule has 0 aliphatic carbocycles. The molecule has 5 nitrogen and oxygen atoms in total. The zero-order valence-electron chi connectivity index (χ0n) is 8.57. The van der Waals surface area contributed by atoms with Crippen LogP contribution in [0.4, 0.5) is 11.5 Å². The molecular formula is C10H11N3O2. The van der Waals surface area contributed by atoms with Gasteiger partial charge < -0.3 is 5.32 Å². The number of rotatable bonds is 3. The van der Waals surface area contributed by atoms with E-state index >= 15 is 0 Å². The van der Waals surface area contributed by atoms with E-state index in [1.165, 1.54) is 6.07 Å². The summed E-state index contributed by atoms with van der Waals surface area (Å²) < 4.78 is 0. The third-order valence-corrected chi connectivity index (χ3v) is 1.79. The maximum Gasteiger partial charge on any atom is 0.290 e. The van der Waals surface area contributed by atoms with E-state index in [-0.39, 0.29) is 5.69 Å². The van der Waals surface area contributed by atoms with Gasteiger partial charge in [-0.05, 0) is 19.9 Å². The molecule has 0 fully saturated rings. The molecule has 0 saturated carbocycles. The monoisotopic (exact) mass is 205 g/mol. The molecule has 0 aliphatic rings. The van der Waals surface area contributed by atoms with Crippen LogP contribution in [0.15, 0.2) is 12.1 Å². The molecule has 0 atom stereocenters. The molecule has 0 aliphatic heterocycles. The van der Waals surface area contributed by atoms with Crippen molar-refractivity contribution in [1.82, 2.24) is 4.98 Å². The summed E-state index contributed by atoms with van der Waals surface area (Å²) in [5, 5.41) is 13.5. The summed E-state index contributed by atoms with van der Waals surface area (Å²) in [6, 6.07) is 3.01. The first-order valence-corrected chi connectivity index (χ1v) is 4.40. The second kappa shape index (κ2) is 4.96. The predicted molar refractivity (Wildman–Crippen MR) is 57.6 cm³/mol. The van der Waals surface area contributed by atoms with Gasteiger partial charge in [-0.1, -0.05) is 5.92 Å². The molecular weight excluding hydrogens is 194 g/mol. The maximum atomic E-state index is 10.5. The first-order chi connectivity index (χ1) is 7.15. The van der Waals surface area contributed by atoms with Gasteiger partial charge in [0.1, 0.15) is 11.5 Å². The second-order valence-corrected chi connectivity index (χ2v) is 2.84. The van der Waals surface area contributed by atoms with Crippen molar-refractivity contribution in [3.63, 3.8) is 0 Å². The van der Waals surface area contributed by atoms with Crippen LogP contribution in [0.1, 0.15) is 12.6 Å². The minimum absolute atomic E-state index is 0.0297. The quantitative estimate of drug-likeness (QED) is 0.463. The van der Waals surface area contributed by atoms with Crippen molar-refractivity contribution in [2.45, 2.75) is 13.8 Å². The van der Waals surface area contributed by atoms with Crippen molar-refractivity contribution in [2.75, 3.05) is 11.9 Å². The van der Waals surface area contributed by atoms with Crippen LogP contribution in [0.2, 0.25) is 0 Å². The summed E-state index contributed by atoms with van der Waals surface area (Å²) in [6.07, 6.45) is 0. The van der Waals surface area contributed by atoms with E-state index in [4.69, 9.17) is 0 Å². The molecule has 0 unspecified atom stereocenters. The molecule has 5 heteroatoms. The third-order valence-electron chi connectivity index (χ3n) is 1.79. The van der Waals surface area contributed by atoms with Crippen molar-refractivity contribution in [3.8, 4) is 11.8 Å². The summed E-state index contributed by atoms with van der Waals surface area (Å²) >= 11 is 0. The van der Waals surface area contributed by atoms with Crippen LogP contribution in [0.3, 0.4) is 0 Å². The van der Waals surface area contributed by atoms with Gasteiger partial charge >= 0.3 is 0 Å². The van der Waals surface area contributed by atoms with Gasteiger partial charge in [0.25, 0.3) is 5.69 Å². The molecule has 1 rings (SSSR count). The number of aryl methyl sites for hydroxylation is 1. The van der Waals surface area contributed by atoms with Crippen molar-refractivity contribution in [3.05, 3.63) is 27.9 Å². The number of aromatic nitrogens is 1. The number of nitrogens with zero attached hydrogens (tertiary/aromatic N) is 2. The highest BCUT2D eigenvalue weighted by molar-refractivity contribution is 5.45. The lowest BCUT2D eigenvalue weighted by Crippen LogP contribution is -2.03. The van der Waals surface area contributed by atoms with Crippen LogP contribution < -0.4 is 5.32 Å². The summed E-state index contributed by atoms with van der Waals surface area (Å²) in [6.45, 7) is 3.84. The Hall–Kier alpha value is -2.09. The van der Waals surface area contributed by atoms with Gasteiger partial charge in [-0.2, -0.15) is 0 Å². The van der Waals surface area contributed by atoms with E-state index in [0.717, 1.165) is 0 Å². The molecule has 1 heterocycles. The Balaban J connectivity index is 2.80. The normalized spacial score (nSPS) is 8.93. The summed E-state index contributed by atoms with van der Waals surface area (Å²) in [4.78, 5) is 14.1. The standard InChI is InChI=1S/C10H11N3O2/c1-3-4-7-11-10-6-5-9(13(14)15)8(2)12-10/h5-6H,7H2,1-2H3,(H,11,12). The van der Waals surface area contributed by atoms with Gasteiger partial charge in [0.15, 0.2) is 0 Å². The Morgan fingerprint density at radius 2 is 2.33 bits per heavy atom. The molecule has 0 amide bonds. The Labute approximate surface area is 87.7 Å². The van der Waals surface area contributed by atoms with Gasteiger partial charge in [0, 0.05) is 6.07 Å². The minimum atomic E-state index is -0.446. The Morgan fingerprint density at radius 3 is 2.87 bits per heavy atom. The van der Waals surface area contributed by atoms with Crippen LogP contribution in [-0.4, -0.2) is 16.5 Å². The maximum absolute atomic E-state index is 10.5. The van der Waals surface area contributed by atoms with Crippen LogP contribution in [0, 0.1) is 28.9 Å². The van der Waals surface area contributed by atoms with Crippen LogP contribution in [-0.2, 0) is 0 Å². The van der Waals surface area contributed by atoms with E-state index in [0.29, 0.717) is 18.1 Å². The Morgan fingerprint density at radius 1 is 1.60 bits per heavy atom. The smallest absolute Gasteiger partial charge is 0.290 e. The number of anilines is 1. The zero-order valence-corrected chi connectivity index (χ0v) is 8.57. The highest BCUT2D eigenvalue weighted by Gasteiger charge is 2.10. The molecule has 0 spiro atoms. The van der Waals surface area contributed by atoms with Gasteiger partial charge in [-0.15, -0.1) is 5.92 Å². The number of pyridine rings is 1. The lowest BCUT2D eigenvalue weighted by Gasteiger charge is -2.02. The molecule has 78 valence electrons. The Kier molecular flexibility index (Phi) is 3.63. The van der Waals surface area contributed by atoms with Gasteiger partial charge in [0.2, 0.25) is 0 Å².